The Morgan fingerprint density at radius 2 is 1.68 bits per heavy atom. The summed E-state index contributed by atoms with van der Waals surface area (Å²) in [7, 11) is -1.08. The molecule has 5 nitrogen and oxygen atoms in total. The Balaban J connectivity index is 0.00000480. The van der Waals surface area contributed by atoms with Crippen molar-refractivity contribution >= 4 is 40.7 Å². The molecule has 0 aliphatic heterocycles. The van der Waals surface area contributed by atoms with E-state index in [2.05, 4.69) is 20.4 Å². The first-order valence-electron chi connectivity index (χ1n) is 9.55. The summed E-state index contributed by atoms with van der Waals surface area (Å²) in [6, 6.07) is 16.4. The number of halogens is 4. The third kappa shape index (κ3) is 11.5. The summed E-state index contributed by atoms with van der Waals surface area (Å²) < 4.78 is 53.3. The molecule has 0 aromatic heterocycles. The first-order chi connectivity index (χ1) is 14.4. The number of rotatable bonds is 10. The number of benzene rings is 2. The second kappa shape index (κ2) is 14.4. The highest BCUT2D eigenvalue weighted by Gasteiger charge is 2.27. The lowest BCUT2D eigenvalue weighted by Gasteiger charge is -2.11. The normalized spacial score (nSPS) is 12.7. The van der Waals surface area contributed by atoms with E-state index >= 15 is 0 Å². The lowest BCUT2D eigenvalue weighted by molar-refractivity contribution is -0.176. The SMILES string of the molecule is CCNC(=NCc1ccc(COCC(F)(F)F)cc1)NCCS(=O)c1ccccc1.I. The van der Waals surface area contributed by atoms with Crippen molar-refractivity contribution in [3.8, 4) is 0 Å². The van der Waals surface area contributed by atoms with Crippen molar-refractivity contribution in [3.05, 3.63) is 65.7 Å². The Bertz CT molecular complexity index is 819. The van der Waals surface area contributed by atoms with Gasteiger partial charge in [0.15, 0.2) is 5.96 Å². The molecule has 0 saturated heterocycles. The minimum Gasteiger partial charge on any atom is -0.367 e. The van der Waals surface area contributed by atoms with Gasteiger partial charge in [-0.15, -0.1) is 24.0 Å². The minimum atomic E-state index is -4.32. The van der Waals surface area contributed by atoms with Gasteiger partial charge in [-0.2, -0.15) is 13.2 Å². The van der Waals surface area contributed by atoms with Crippen LogP contribution >= 0.6 is 24.0 Å². The molecule has 0 fully saturated rings. The topological polar surface area (TPSA) is 62.7 Å². The van der Waals surface area contributed by atoms with Gasteiger partial charge in [0.2, 0.25) is 0 Å². The van der Waals surface area contributed by atoms with Crippen LogP contribution in [0.3, 0.4) is 0 Å². The van der Waals surface area contributed by atoms with Gasteiger partial charge in [-0.05, 0) is 30.2 Å². The molecule has 1 unspecified atom stereocenters. The molecule has 0 bridgehead atoms. The molecule has 31 heavy (non-hydrogen) atoms. The second-order valence-corrected chi connectivity index (χ2v) is 7.98. The van der Waals surface area contributed by atoms with Crippen molar-refractivity contribution in [2.45, 2.75) is 31.1 Å². The van der Waals surface area contributed by atoms with Crippen molar-refractivity contribution in [2.75, 3.05) is 25.4 Å². The quantitative estimate of drug-likeness (QED) is 0.255. The number of hydrogen-bond acceptors (Lipinski definition) is 3. The van der Waals surface area contributed by atoms with E-state index in [1.807, 2.05) is 49.4 Å². The summed E-state index contributed by atoms with van der Waals surface area (Å²) in [5.41, 5.74) is 1.58. The number of ether oxygens (including phenoxy) is 1. The van der Waals surface area contributed by atoms with Crippen LogP contribution in [0.2, 0.25) is 0 Å². The first kappa shape index (κ1) is 27.4. The Morgan fingerprint density at radius 3 is 2.29 bits per heavy atom. The van der Waals surface area contributed by atoms with Crippen LogP contribution < -0.4 is 10.6 Å². The van der Waals surface area contributed by atoms with Gasteiger partial charge < -0.3 is 15.4 Å². The van der Waals surface area contributed by atoms with E-state index in [0.717, 1.165) is 10.5 Å². The van der Waals surface area contributed by atoms with E-state index in [0.29, 0.717) is 36.9 Å². The number of nitrogens with zero attached hydrogens (tertiary/aromatic N) is 1. The first-order valence-corrected chi connectivity index (χ1v) is 10.9. The van der Waals surface area contributed by atoms with E-state index in [1.54, 1.807) is 12.1 Å². The molecule has 2 rings (SSSR count). The summed E-state index contributed by atoms with van der Waals surface area (Å²) in [5, 5.41) is 6.30. The molecular weight excluding hydrogens is 542 g/mol. The van der Waals surface area contributed by atoms with Crippen molar-refractivity contribution in [1.29, 1.82) is 0 Å². The monoisotopic (exact) mass is 569 g/mol. The van der Waals surface area contributed by atoms with Gasteiger partial charge in [-0.25, -0.2) is 4.99 Å². The third-order valence-electron chi connectivity index (χ3n) is 3.91. The average molecular weight is 569 g/mol. The summed E-state index contributed by atoms with van der Waals surface area (Å²) >= 11 is 0. The van der Waals surface area contributed by atoms with E-state index in [-0.39, 0.29) is 30.6 Å². The van der Waals surface area contributed by atoms with E-state index in [9.17, 15) is 17.4 Å². The maximum Gasteiger partial charge on any atom is 0.411 e. The molecule has 10 heteroatoms. The van der Waals surface area contributed by atoms with Gasteiger partial charge in [0.25, 0.3) is 0 Å². The largest absolute Gasteiger partial charge is 0.411 e. The van der Waals surface area contributed by atoms with E-state index < -0.39 is 23.6 Å². The Kier molecular flexibility index (Phi) is 12.7. The summed E-state index contributed by atoms with van der Waals surface area (Å²) in [6.07, 6.45) is -4.32. The van der Waals surface area contributed by atoms with E-state index in [4.69, 9.17) is 0 Å². The van der Waals surface area contributed by atoms with Crippen molar-refractivity contribution in [3.63, 3.8) is 0 Å². The van der Waals surface area contributed by atoms with Gasteiger partial charge >= 0.3 is 6.18 Å². The number of hydrogen-bond donors (Lipinski definition) is 2. The lowest BCUT2D eigenvalue weighted by Crippen LogP contribution is -2.39. The lowest BCUT2D eigenvalue weighted by atomic mass is 10.1. The standard InChI is InChI=1S/C21H26F3N3O2S.HI/c1-2-25-20(26-12-13-30(28)19-6-4-3-5-7-19)27-14-17-8-10-18(11-9-17)15-29-16-21(22,23)24;/h3-11H,2,12-16H2,1H3,(H2,25,26,27);1H. The maximum atomic E-state index is 12.3. The van der Waals surface area contributed by atoms with Gasteiger partial charge in [-0.3, -0.25) is 4.21 Å². The van der Waals surface area contributed by atoms with Gasteiger partial charge in [0.1, 0.15) is 6.61 Å². The molecule has 0 heterocycles. The molecule has 0 radical (unpaired) electrons. The zero-order valence-electron chi connectivity index (χ0n) is 17.2. The molecule has 0 spiro atoms. The number of guanidine groups is 1. The molecule has 0 aliphatic carbocycles. The van der Waals surface area contributed by atoms with Crippen LogP contribution in [0.15, 0.2) is 64.5 Å². The van der Waals surface area contributed by atoms with E-state index in [1.165, 1.54) is 0 Å². The van der Waals surface area contributed by atoms with Gasteiger partial charge in [0, 0.05) is 23.7 Å². The minimum absolute atomic E-state index is 0. The van der Waals surface area contributed by atoms with Gasteiger partial charge in [-0.1, -0.05) is 42.5 Å². The molecule has 2 N–H and O–H groups in total. The van der Waals surface area contributed by atoms with Crippen molar-refractivity contribution in [1.82, 2.24) is 10.6 Å². The fourth-order valence-electron chi connectivity index (χ4n) is 2.49. The maximum absolute atomic E-state index is 12.3. The predicted octanol–water partition coefficient (Wildman–Crippen LogP) is 4.25. The number of nitrogens with one attached hydrogen (secondary N) is 2. The van der Waals surface area contributed by atoms with Gasteiger partial charge in [0.05, 0.1) is 24.0 Å². The van der Waals surface area contributed by atoms with Crippen LogP contribution in [0, 0.1) is 0 Å². The third-order valence-corrected chi connectivity index (χ3v) is 5.28. The number of aliphatic imine (C=N–C) groups is 1. The van der Waals surface area contributed by atoms with Crippen LogP contribution in [-0.4, -0.2) is 41.8 Å². The Hall–Kier alpha value is -1.66. The fraction of sp³-hybridized carbons (Fsp3) is 0.381. The average Bonchev–Trinajstić information content (AvgIpc) is 2.72. The number of alkyl halides is 3. The molecule has 0 saturated carbocycles. The molecule has 2 aromatic rings. The molecule has 172 valence electrons. The Morgan fingerprint density at radius 1 is 1.03 bits per heavy atom. The molecule has 1 atom stereocenters. The van der Waals surface area contributed by atoms with Crippen LogP contribution in [0.5, 0.6) is 0 Å². The highest BCUT2D eigenvalue weighted by molar-refractivity contribution is 14.0. The summed E-state index contributed by atoms with van der Waals surface area (Å²) in [6.45, 7) is 2.19. The molecule has 2 aromatic carbocycles. The van der Waals surface area contributed by atoms with Crippen LogP contribution in [0.25, 0.3) is 0 Å². The van der Waals surface area contributed by atoms with Crippen molar-refractivity contribution < 1.29 is 22.1 Å². The fourth-order valence-corrected chi connectivity index (χ4v) is 3.47. The second-order valence-electron chi connectivity index (χ2n) is 6.41. The highest BCUT2D eigenvalue weighted by Crippen LogP contribution is 2.16. The summed E-state index contributed by atoms with van der Waals surface area (Å²) in [4.78, 5) is 5.29. The van der Waals surface area contributed by atoms with Crippen LogP contribution in [0.1, 0.15) is 18.1 Å². The molecule has 0 aliphatic rings. The zero-order chi connectivity index (χ0) is 21.8. The predicted molar refractivity (Wildman–Crippen MR) is 128 cm³/mol. The molecular formula is C21H27F3IN3O2S. The molecule has 0 amide bonds. The van der Waals surface area contributed by atoms with Crippen LogP contribution in [0.4, 0.5) is 13.2 Å². The smallest absolute Gasteiger partial charge is 0.367 e. The zero-order valence-corrected chi connectivity index (χ0v) is 20.3. The Labute approximate surface area is 200 Å². The van der Waals surface area contributed by atoms with Crippen molar-refractivity contribution in [2.24, 2.45) is 4.99 Å². The summed E-state index contributed by atoms with van der Waals surface area (Å²) in [5.74, 6) is 1.07. The van der Waals surface area contributed by atoms with Crippen LogP contribution in [-0.2, 0) is 28.7 Å². The highest BCUT2D eigenvalue weighted by atomic mass is 127.